The van der Waals surface area contributed by atoms with E-state index in [1.165, 1.54) is 18.4 Å². The van der Waals surface area contributed by atoms with E-state index in [1.807, 2.05) is 7.05 Å². The van der Waals surface area contributed by atoms with Gasteiger partial charge in [-0.1, -0.05) is 37.3 Å². The van der Waals surface area contributed by atoms with Gasteiger partial charge in [-0.2, -0.15) is 0 Å². The molecule has 1 N–H and O–H groups in total. The van der Waals surface area contributed by atoms with Crippen LogP contribution in [0.3, 0.4) is 0 Å². The third-order valence-corrected chi connectivity index (χ3v) is 4.67. The molecule has 1 fully saturated rings. The number of guanidine groups is 1. The van der Waals surface area contributed by atoms with E-state index in [-0.39, 0.29) is 0 Å². The van der Waals surface area contributed by atoms with Crippen molar-refractivity contribution in [2.75, 3.05) is 39.9 Å². The van der Waals surface area contributed by atoms with Crippen molar-refractivity contribution in [3.8, 4) is 0 Å². The first-order valence-corrected chi connectivity index (χ1v) is 9.37. The van der Waals surface area contributed by atoms with Crippen molar-refractivity contribution < 1.29 is 4.74 Å². The molecule has 0 bridgehead atoms. The van der Waals surface area contributed by atoms with Crippen LogP contribution in [0.25, 0.3) is 0 Å². The highest BCUT2D eigenvalue weighted by atomic mass is 16.5. The Hall–Kier alpha value is -1.55. The van der Waals surface area contributed by atoms with Gasteiger partial charge < -0.3 is 15.0 Å². The Labute approximate surface area is 147 Å². The van der Waals surface area contributed by atoms with Crippen LogP contribution in [0.4, 0.5) is 0 Å². The first-order valence-electron chi connectivity index (χ1n) is 9.37. The molecule has 24 heavy (non-hydrogen) atoms. The lowest BCUT2D eigenvalue weighted by Crippen LogP contribution is -2.45. The molecular weight excluding hydrogens is 298 g/mol. The number of likely N-dealkylation sites (tertiary alicyclic amines) is 1. The predicted octanol–water partition coefficient (Wildman–Crippen LogP) is 3.33. The van der Waals surface area contributed by atoms with E-state index in [4.69, 9.17) is 4.74 Å². The Morgan fingerprint density at radius 2 is 1.92 bits per heavy atom. The molecule has 0 amide bonds. The third kappa shape index (κ3) is 6.91. The van der Waals surface area contributed by atoms with Gasteiger partial charge in [0.1, 0.15) is 0 Å². The quantitative estimate of drug-likeness (QED) is 0.451. The van der Waals surface area contributed by atoms with Gasteiger partial charge in [0.2, 0.25) is 0 Å². The normalized spacial score (nSPS) is 16.4. The summed E-state index contributed by atoms with van der Waals surface area (Å²) in [4.78, 5) is 6.80. The van der Waals surface area contributed by atoms with Crippen molar-refractivity contribution >= 4 is 5.96 Å². The minimum absolute atomic E-state index is 0.811. The van der Waals surface area contributed by atoms with Crippen LogP contribution in [-0.2, 0) is 11.2 Å². The SMILES string of the molecule is CN=C(NCCCCOCCc1ccccc1)N1CCC(C)CC1. The van der Waals surface area contributed by atoms with E-state index in [0.29, 0.717) is 0 Å². The Bertz CT molecular complexity index is 467. The van der Waals surface area contributed by atoms with Gasteiger partial charge in [-0.15, -0.1) is 0 Å². The summed E-state index contributed by atoms with van der Waals surface area (Å²) in [5, 5.41) is 3.49. The Morgan fingerprint density at radius 3 is 2.62 bits per heavy atom. The van der Waals surface area contributed by atoms with Crippen molar-refractivity contribution in [2.45, 2.75) is 39.0 Å². The second-order valence-electron chi connectivity index (χ2n) is 6.70. The monoisotopic (exact) mass is 331 g/mol. The molecule has 134 valence electrons. The summed E-state index contributed by atoms with van der Waals surface area (Å²) >= 11 is 0. The number of rotatable bonds is 8. The van der Waals surface area contributed by atoms with Crippen molar-refractivity contribution in [1.82, 2.24) is 10.2 Å². The number of hydrogen-bond acceptors (Lipinski definition) is 2. The van der Waals surface area contributed by atoms with Crippen LogP contribution in [0.2, 0.25) is 0 Å². The Morgan fingerprint density at radius 1 is 1.17 bits per heavy atom. The Balaban J connectivity index is 1.48. The average Bonchev–Trinajstić information content (AvgIpc) is 2.62. The van der Waals surface area contributed by atoms with Crippen LogP contribution < -0.4 is 5.32 Å². The largest absolute Gasteiger partial charge is 0.381 e. The molecule has 2 rings (SSSR count). The van der Waals surface area contributed by atoms with E-state index < -0.39 is 0 Å². The first kappa shape index (κ1) is 18.8. The van der Waals surface area contributed by atoms with Crippen LogP contribution >= 0.6 is 0 Å². The van der Waals surface area contributed by atoms with Gasteiger partial charge >= 0.3 is 0 Å². The van der Waals surface area contributed by atoms with Crippen molar-refractivity contribution in [3.63, 3.8) is 0 Å². The third-order valence-electron chi connectivity index (χ3n) is 4.67. The van der Waals surface area contributed by atoms with E-state index in [0.717, 1.165) is 64.0 Å². The number of unbranched alkanes of at least 4 members (excludes halogenated alkanes) is 1. The summed E-state index contributed by atoms with van der Waals surface area (Å²) < 4.78 is 5.73. The number of piperidine rings is 1. The second kappa shape index (κ2) is 11.1. The number of ether oxygens (including phenoxy) is 1. The summed E-state index contributed by atoms with van der Waals surface area (Å²) in [5.74, 6) is 1.92. The smallest absolute Gasteiger partial charge is 0.193 e. The molecule has 0 aromatic heterocycles. The second-order valence-corrected chi connectivity index (χ2v) is 6.70. The van der Waals surface area contributed by atoms with Crippen molar-refractivity contribution in [2.24, 2.45) is 10.9 Å². The first-order chi connectivity index (χ1) is 11.8. The highest BCUT2D eigenvalue weighted by molar-refractivity contribution is 5.79. The zero-order chi connectivity index (χ0) is 17.0. The van der Waals surface area contributed by atoms with Crippen LogP contribution in [-0.4, -0.2) is 50.8 Å². The lowest BCUT2D eigenvalue weighted by atomic mass is 10.00. The maximum Gasteiger partial charge on any atom is 0.193 e. The van der Waals surface area contributed by atoms with Gasteiger partial charge in [-0.05, 0) is 43.6 Å². The van der Waals surface area contributed by atoms with E-state index in [9.17, 15) is 0 Å². The predicted molar refractivity (Wildman–Crippen MR) is 102 cm³/mol. The van der Waals surface area contributed by atoms with Crippen LogP contribution in [0.5, 0.6) is 0 Å². The molecule has 0 atom stereocenters. The van der Waals surface area contributed by atoms with Crippen LogP contribution in [0.1, 0.15) is 38.2 Å². The molecule has 4 nitrogen and oxygen atoms in total. The molecule has 0 saturated carbocycles. The van der Waals surface area contributed by atoms with E-state index in [2.05, 4.69) is 52.5 Å². The summed E-state index contributed by atoms with van der Waals surface area (Å²) in [6.45, 7) is 7.22. The summed E-state index contributed by atoms with van der Waals surface area (Å²) in [6, 6.07) is 10.5. The molecule has 0 radical (unpaired) electrons. The van der Waals surface area contributed by atoms with Crippen molar-refractivity contribution in [1.29, 1.82) is 0 Å². The summed E-state index contributed by atoms with van der Waals surface area (Å²) in [5.41, 5.74) is 1.35. The fourth-order valence-electron chi connectivity index (χ4n) is 3.02. The zero-order valence-corrected chi connectivity index (χ0v) is 15.3. The minimum atomic E-state index is 0.811. The molecular formula is C20H33N3O. The van der Waals surface area contributed by atoms with Gasteiger partial charge in [0.15, 0.2) is 5.96 Å². The van der Waals surface area contributed by atoms with E-state index in [1.54, 1.807) is 0 Å². The average molecular weight is 332 g/mol. The molecule has 1 aliphatic rings. The van der Waals surface area contributed by atoms with Gasteiger partial charge in [0.25, 0.3) is 0 Å². The molecule has 1 aliphatic heterocycles. The number of benzene rings is 1. The number of nitrogens with zero attached hydrogens (tertiary/aromatic N) is 2. The highest BCUT2D eigenvalue weighted by Crippen LogP contribution is 2.15. The van der Waals surface area contributed by atoms with E-state index >= 15 is 0 Å². The van der Waals surface area contributed by atoms with Gasteiger partial charge in [-0.3, -0.25) is 4.99 Å². The maximum absolute atomic E-state index is 5.73. The van der Waals surface area contributed by atoms with Crippen LogP contribution in [0.15, 0.2) is 35.3 Å². The fourth-order valence-corrected chi connectivity index (χ4v) is 3.02. The standard InChI is InChI=1S/C20H33N3O/c1-18-10-14-23(15-11-18)20(21-2)22-13-6-7-16-24-17-12-19-8-4-3-5-9-19/h3-5,8-9,18H,6-7,10-17H2,1-2H3,(H,21,22). The van der Waals surface area contributed by atoms with Crippen molar-refractivity contribution in [3.05, 3.63) is 35.9 Å². The number of nitrogens with one attached hydrogen (secondary N) is 1. The molecule has 0 unspecified atom stereocenters. The van der Waals surface area contributed by atoms with Gasteiger partial charge in [0, 0.05) is 33.3 Å². The molecule has 4 heteroatoms. The zero-order valence-electron chi connectivity index (χ0n) is 15.3. The maximum atomic E-state index is 5.73. The fraction of sp³-hybridized carbons (Fsp3) is 0.650. The number of hydrogen-bond donors (Lipinski definition) is 1. The van der Waals surface area contributed by atoms with Gasteiger partial charge in [0.05, 0.1) is 6.61 Å². The highest BCUT2D eigenvalue weighted by Gasteiger charge is 2.17. The lowest BCUT2D eigenvalue weighted by molar-refractivity contribution is 0.133. The molecule has 1 aromatic carbocycles. The molecule has 0 spiro atoms. The Kier molecular flexibility index (Phi) is 8.67. The minimum Gasteiger partial charge on any atom is -0.381 e. The van der Waals surface area contributed by atoms with Crippen LogP contribution in [0, 0.1) is 5.92 Å². The molecule has 1 heterocycles. The topological polar surface area (TPSA) is 36.9 Å². The van der Waals surface area contributed by atoms with Gasteiger partial charge in [-0.25, -0.2) is 0 Å². The summed E-state index contributed by atoms with van der Waals surface area (Å²) in [6.07, 6.45) is 5.76. The summed E-state index contributed by atoms with van der Waals surface area (Å²) in [7, 11) is 1.88. The molecule has 1 saturated heterocycles. The molecule has 1 aromatic rings. The molecule has 0 aliphatic carbocycles. The number of aliphatic imine (C=N–C) groups is 1. The lowest BCUT2D eigenvalue weighted by Gasteiger charge is -2.32.